The first-order chi connectivity index (χ1) is 12.3. The van der Waals surface area contributed by atoms with Crippen molar-refractivity contribution in [1.29, 1.82) is 0 Å². The molecule has 1 aromatic carbocycles. The molecule has 3 rings (SSSR count). The third-order valence-corrected chi connectivity index (χ3v) is 5.51. The van der Waals surface area contributed by atoms with E-state index in [-0.39, 0.29) is 35.2 Å². The van der Waals surface area contributed by atoms with Gasteiger partial charge >= 0.3 is 0 Å². The van der Waals surface area contributed by atoms with E-state index in [0.29, 0.717) is 22.7 Å². The van der Waals surface area contributed by atoms with Crippen LogP contribution >= 0.6 is 11.3 Å². The Morgan fingerprint density at radius 3 is 2.46 bits per heavy atom. The van der Waals surface area contributed by atoms with Crippen LogP contribution < -0.4 is 5.32 Å². The lowest BCUT2D eigenvalue weighted by Gasteiger charge is -2.20. The fourth-order valence-corrected chi connectivity index (χ4v) is 3.41. The number of fused-ring (bicyclic) bond motifs is 1. The fourth-order valence-electron chi connectivity index (χ4n) is 2.67. The van der Waals surface area contributed by atoms with Crippen LogP contribution in [0.1, 0.15) is 76.1 Å². The number of nitrogens with one attached hydrogen (secondary N) is 1. The largest absolute Gasteiger partial charge is 0.296 e. The van der Waals surface area contributed by atoms with E-state index in [9.17, 15) is 14.4 Å². The van der Waals surface area contributed by atoms with Crippen molar-refractivity contribution in [2.45, 2.75) is 46.1 Å². The number of carbonyl (C=O) groups is 3. The standard InChI is InChI=1S/C18H20N4O3S/c1-5-10(4)22-16(24)12-7-6-11(8-13(12)17(22)25)14(23)19-18-21-20-15(26-18)9(2)3/h6-10H,5H2,1-4H3,(H,19,21,23)/t10-/m1/s1. The lowest BCUT2D eigenvalue weighted by atomic mass is 10.1. The molecular weight excluding hydrogens is 352 g/mol. The number of aromatic nitrogens is 2. The molecule has 8 heteroatoms. The maximum atomic E-state index is 12.6. The Labute approximate surface area is 155 Å². The highest BCUT2D eigenvalue weighted by Gasteiger charge is 2.38. The summed E-state index contributed by atoms with van der Waals surface area (Å²) in [4.78, 5) is 38.7. The average molecular weight is 372 g/mol. The van der Waals surface area contributed by atoms with Crippen LogP contribution in [0.15, 0.2) is 18.2 Å². The molecule has 7 nitrogen and oxygen atoms in total. The summed E-state index contributed by atoms with van der Waals surface area (Å²) in [6, 6.07) is 4.36. The van der Waals surface area contributed by atoms with Crippen molar-refractivity contribution in [2.24, 2.45) is 0 Å². The van der Waals surface area contributed by atoms with Gasteiger partial charge in [-0.25, -0.2) is 0 Å². The normalized spacial score (nSPS) is 14.7. The smallest absolute Gasteiger partial charge is 0.261 e. The van der Waals surface area contributed by atoms with Crippen LogP contribution in [-0.2, 0) is 0 Å². The highest BCUT2D eigenvalue weighted by atomic mass is 32.1. The molecule has 1 aliphatic heterocycles. The number of anilines is 1. The lowest BCUT2D eigenvalue weighted by molar-refractivity contribution is 0.0593. The van der Waals surface area contributed by atoms with Gasteiger partial charge in [0, 0.05) is 17.5 Å². The topological polar surface area (TPSA) is 92.3 Å². The maximum absolute atomic E-state index is 12.6. The molecule has 0 spiro atoms. The van der Waals surface area contributed by atoms with Crippen LogP contribution in [0.4, 0.5) is 5.13 Å². The predicted molar refractivity (Wildman–Crippen MR) is 98.6 cm³/mol. The number of nitrogens with zero attached hydrogens (tertiary/aromatic N) is 3. The van der Waals surface area contributed by atoms with Crippen LogP contribution in [0.25, 0.3) is 0 Å². The van der Waals surface area contributed by atoms with E-state index in [0.717, 1.165) is 5.01 Å². The third-order valence-electron chi connectivity index (χ3n) is 4.37. The minimum Gasteiger partial charge on any atom is -0.296 e. The molecule has 0 bridgehead atoms. The van der Waals surface area contributed by atoms with E-state index in [2.05, 4.69) is 15.5 Å². The zero-order valence-electron chi connectivity index (χ0n) is 15.1. The third kappa shape index (κ3) is 3.12. The Balaban J connectivity index is 1.83. The summed E-state index contributed by atoms with van der Waals surface area (Å²) in [6.45, 7) is 7.74. The van der Waals surface area contributed by atoms with E-state index >= 15 is 0 Å². The van der Waals surface area contributed by atoms with Gasteiger partial charge in [0.15, 0.2) is 0 Å². The zero-order valence-corrected chi connectivity index (χ0v) is 15.9. The Morgan fingerprint density at radius 1 is 1.15 bits per heavy atom. The summed E-state index contributed by atoms with van der Waals surface area (Å²) in [5.74, 6) is -0.821. The molecular formula is C18H20N4O3S. The molecule has 1 atom stereocenters. The van der Waals surface area contributed by atoms with Crippen molar-refractivity contribution in [1.82, 2.24) is 15.1 Å². The number of hydrogen-bond acceptors (Lipinski definition) is 6. The Morgan fingerprint density at radius 2 is 1.85 bits per heavy atom. The van der Waals surface area contributed by atoms with Gasteiger partial charge in [-0.2, -0.15) is 0 Å². The molecule has 26 heavy (non-hydrogen) atoms. The van der Waals surface area contributed by atoms with Crippen LogP contribution in [0.2, 0.25) is 0 Å². The molecule has 0 saturated carbocycles. The number of hydrogen-bond donors (Lipinski definition) is 1. The summed E-state index contributed by atoms with van der Waals surface area (Å²) in [7, 11) is 0. The molecule has 0 radical (unpaired) electrons. The van der Waals surface area contributed by atoms with Gasteiger partial charge < -0.3 is 0 Å². The Hall–Kier alpha value is -2.61. The lowest BCUT2D eigenvalue weighted by Crippen LogP contribution is -2.37. The predicted octanol–water partition coefficient (Wildman–Crippen LogP) is 3.31. The Kier molecular flexibility index (Phi) is 4.86. The second-order valence-corrected chi connectivity index (χ2v) is 7.56. The monoisotopic (exact) mass is 372 g/mol. The van der Waals surface area contributed by atoms with Crippen molar-refractivity contribution in [2.75, 3.05) is 5.32 Å². The average Bonchev–Trinajstić information content (AvgIpc) is 3.18. The summed E-state index contributed by atoms with van der Waals surface area (Å²) in [6.07, 6.45) is 0.675. The van der Waals surface area contributed by atoms with E-state index in [1.807, 2.05) is 27.7 Å². The first-order valence-corrected chi connectivity index (χ1v) is 9.31. The molecule has 1 aromatic heterocycles. The summed E-state index contributed by atoms with van der Waals surface area (Å²) >= 11 is 1.31. The molecule has 2 heterocycles. The van der Waals surface area contributed by atoms with Crippen LogP contribution in [0, 0.1) is 0 Å². The van der Waals surface area contributed by atoms with Crippen LogP contribution in [0.5, 0.6) is 0 Å². The minimum atomic E-state index is -0.388. The SMILES string of the molecule is CC[C@@H](C)N1C(=O)c2ccc(C(=O)Nc3nnc(C(C)C)s3)cc2C1=O. The quantitative estimate of drug-likeness (QED) is 0.813. The molecule has 0 aliphatic carbocycles. The van der Waals surface area contributed by atoms with E-state index in [1.165, 1.54) is 28.4 Å². The van der Waals surface area contributed by atoms with Gasteiger partial charge in [0.2, 0.25) is 5.13 Å². The van der Waals surface area contributed by atoms with Gasteiger partial charge in [-0.05, 0) is 31.5 Å². The fraction of sp³-hybridized carbons (Fsp3) is 0.389. The maximum Gasteiger partial charge on any atom is 0.261 e. The summed E-state index contributed by atoms with van der Waals surface area (Å²) < 4.78 is 0. The number of carbonyl (C=O) groups excluding carboxylic acids is 3. The molecule has 1 aliphatic rings. The van der Waals surface area contributed by atoms with Crippen molar-refractivity contribution < 1.29 is 14.4 Å². The van der Waals surface area contributed by atoms with Gasteiger partial charge in [0.1, 0.15) is 5.01 Å². The highest BCUT2D eigenvalue weighted by molar-refractivity contribution is 7.15. The second-order valence-electron chi connectivity index (χ2n) is 6.55. The minimum absolute atomic E-state index is 0.185. The van der Waals surface area contributed by atoms with Gasteiger partial charge in [0.05, 0.1) is 11.1 Å². The number of imide groups is 1. The van der Waals surface area contributed by atoms with E-state index in [4.69, 9.17) is 0 Å². The number of benzene rings is 1. The zero-order chi connectivity index (χ0) is 19.0. The van der Waals surface area contributed by atoms with Crippen molar-refractivity contribution in [3.8, 4) is 0 Å². The van der Waals surface area contributed by atoms with Gasteiger partial charge in [-0.3, -0.25) is 24.6 Å². The van der Waals surface area contributed by atoms with E-state index in [1.54, 1.807) is 6.07 Å². The first-order valence-electron chi connectivity index (χ1n) is 8.50. The van der Waals surface area contributed by atoms with Crippen molar-refractivity contribution >= 4 is 34.2 Å². The number of rotatable bonds is 5. The molecule has 0 saturated heterocycles. The molecule has 0 unspecified atom stereocenters. The summed E-state index contributed by atoms with van der Waals surface area (Å²) in [5.41, 5.74) is 0.908. The first kappa shape index (κ1) is 18.2. The highest BCUT2D eigenvalue weighted by Crippen LogP contribution is 2.27. The molecule has 0 fully saturated rings. The molecule has 136 valence electrons. The van der Waals surface area contributed by atoms with Crippen molar-refractivity contribution in [3.05, 3.63) is 39.9 Å². The van der Waals surface area contributed by atoms with Gasteiger partial charge in [0.25, 0.3) is 17.7 Å². The second kappa shape index (κ2) is 6.95. The van der Waals surface area contributed by atoms with Crippen molar-refractivity contribution in [3.63, 3.8) is 0 Å². The molecule has 3 amide bonds. The van der Waals surface area contributed by atoms with Gasteiger partial charge in [-0.15, -0.1) is 10.2 Å². The van der Waals surface area contributed by atoms with Crippen LogP contribution in [0.3, 0.4) is 0 Å². The molecule has 2 aromatic rings. The summed E-state index contributed by atoms with van der Waals surface area (Å²) in [5, 5.41) is 11.9. The Bertz CT molecular complexity index is 890. The van der Waals surface area contributed by atoms with E-state index < -0.39 is 0 Å². The van der Waals surface area contributed by atoms with Crippen LogP contribution in [-0.4, -0.2) is 38.9 Å². The molecule has 1 N–H and O–H groups in total. The number of amides is 3. The van der Waals surface area contributed by atoms with Gasteiger partial charge in [-0.1, -0.05) is 32.1 Å².